The predicted molar refractivity (Wildman–Crippen MR) is 110 cm³/mol. The molecule has 1 saturated carbocycles. The first kappa shape index (κ1) is 19.4. The lowest BCUT2D eigenvalue weighted by molar-refractivity contribution is -0.135. The second-order valence-corrected chi connectivity index (χ2v) is 7.96. The van der Waals surface area contributed by atoms with E-state index in [-0.39, 0.29) is 17.7 Å². The Kier molecular flexibility index (Phi) is 5.47. The van der Waals surface area contributed by atoms with Crippen molar-refractivity contribution in [3.63, 3.8) is 0 Å². The van der Waals surface area contributed by atoms with Crippen LogP contribution in [0, 0.1) is 5.92 Å². The molecule has 5 heteroatoms. The van der Waals surface area contributed by atoms with Crippen LogP contribution in [0.4, 0.5) is 0 Å². The van der Waals surface area contributed by atoms with Crippen molar-refractivity contribution in [1.29, 1.82) is 0 Å². The summed E-state index contributed by atoms with van der Waals surface area (Å²) in [4.78, 5) is 42.8. The van der Waals surface area contributed by atoms with Gasteiger partial charge in [-0.25, -0.2) is 0 Å². The Morgan fingerprint density at radius 3 is 2.14 bits per heavy atom. The Labute approximate surface area is 171 Å². The molecule has 29 heavy (non-hydrogen) atoms. The van der Waals surface area contributed by atoms with Gasteiger partial charge in [-0.05, 0) is 42.9 Å². The van der Waals surface area contributed by atoms with Crippen LogP contribution >= 0.6 is 0 Å². The molecule has 150 valence electrons. The van der Waals surface area contributed by atoms with E-state index in [0.717, 1.165) is 24.8 Å². The van der Waals surface area contributed by atoms with Crippen LogP contribution in [-0.4, -0.2) is 46.7 Å². The smallest absolute Gasteiger partial charge is 0.262 e. The Bertz CT molecular complexity index is 886. The Morgan fingerprint density at radius 1 is 1.00 bits per heavy atom. The van der Waals surface area contributed by atoms with E-state index < -0.39 is 6.04 Å². The summed E-state index contributed by atoms with van der Waals surface area (Å²) in [5.74, 6) is -0.326. The number of hydrogen-bond acceptors (Lipinski definition) is 3. The van der Waals surface area contributed by atoms with Gasteiger partial charge in [0.1, 0.15) is 6.04 Å². The van der Waals surface area contributed by atoms with Crippen LogP contribution in [0.25, 0.3) is 0 Å². The second kappa shape index (κ2) is 8.19. The van der Waals surface area contributed by atoms with Gasteiger partial charge in [0, 0.05) is 19.5 Å². The van der Waals surface area contributed by atoms with Crippen molar-refractivity contribution in [2.24, 2.45) is 5.92 Å². The van der Waals surface area contributed by atoms with Crippen LogP contribution in [0.15, 0.2) is 54.6 Å². The zero-order valence-corrected chi connectivity index (χ0v) is 16.7. The lowest BCUT2D eigenvalue weighted by Crippen LogP contribution is -2.52. The summed E-state index contributed by atoms with van der Waals surface area (Å²) in [6.45, 7) is 3.40. The molecule has 4 rings (SSSR count). The standard InChI is InChI=1S/C24H26N2O3/c1-2-14-25(16-18-12-13-18)24(29)21(15-17-8-4-3-5-9-17)26-22(27)19-10-6-7-11-20(19)23(26)28/h3-11,18,21H,2,12-16H2,1H3. The Morgan fingerprint density at radius 2 is 1.59 bits per heavy atom. The molecule has 2 aromatic carbocycles. The highest BCUT2D eigenvalue weighted by Gasteiger charge is 2.44. The molecule has 0 radical (unpaired) electrons. The van der Waals surface area contributed by atoms with Crippen molar-refractivity contribution < 1.29 is 14.4 Å². The molecule has 0 spiro atoms. The number of carbonyl (C=O) groups excluding carboxylic acids is 3. The van der Waals surface area contributed by atoms with Crippen LogP contribution in [0.1, 0.15) is 52.5 Å². The van der Waals surface area contributed by atoms with Crippen LogP contribution in [0.5, 0.6) is 0 Å². The van der Waals surface area contributed by atoms with Gasteiger partial charge in [0.15, 0.2) is 0 Å². The number of nitrogens with zero attached hydrogens (tertiary/aromatic N) is 2. The van der Waals surface area contributed by atoms with Gasteiger partial charge in [-0.15, -0.1) is 0 Å². The van der Waals surface area contributed by atoms with E-state index in [0.29, 0.717) is 36.6 Å². The molecule has 3 amide bonds. The van der Waals surface area contributed by atoms with Crippen molar-refractivity contribution in [3.05, 3.63) is 71.3 Å². The monoisotopic (exact) mass is 390 g/mol. The van der Waals surface area contributed by atoms with Gasteiger partial charge in [0.2, 0.25) is 5.91 Å². The fourth-order valence-electron chi connectivity index (χ4n) is 4.00. The van der Waals surface area contributed by atoms with E-state index in [4.69, 9.17) is 0 Å². The molecule has 1 unspecified atom stereocenters. The first-order chi connectivity index (χ1) is 14.1. The van der Waals surface area contributed by atoms with Crippen LogP contribution in [0.3, 0.4) is 0 Å². The molecule has 0 N–H and O–H groups in total. The average molecular weight is 390 g/mol. The van der Waals surface area contributed by atoms with E-state index in [1.54, 1.807) is 24.3 Å². The zero-order valence-electron chi connectivity index (χ0n) is 16.7. The number of benzene rings is 2. The van der Waals surface area contributed by atoms with Gasteiger partial charge in [-0.1, -0.05) is 49.4 Å². The maximum Gasteiger partial charge on any atom is 0.262 e. The van der Waals surface area contributed by atoms with Crippen molar-refractivity contribution >= 4 is 17.7 Å². The normalized spacial score (nSPS) is 16.7. The molecule has 0 aromatic heterocycles. The molecule has 2 aromatic rings. The highest BCUT2D eigenvalue weighted by atomic mass is 16.2. The first-order valence-corrected chi connectivity index (χ1v) is 10.4. The average Bonchev–Trinajstić information content (AvgIpc) is 3.53. The molecule has 5 nitrogen and oxygen atoms in total. The van der Waals surface area contributed by atoms with Crippen molar-refractivity contribution in [2.75, 3.05) is 13.1 Å². The van der Waals surface area contributed by atoms with E-state index in [2.05, 4.69) is 0 Å². The van der Waals surface area contributed by atoms with Crippen molar-refractivity contribution in [2.45, 2.75) is 38.6 Å². The SMILES string of the molecule is CCCN(CC1CC1)C(=O)C(Cc1ccccc1)N1C(=O)c2ccccc2C1=O. The second-order valence-electron chi connectivity index (χ2n) is 7.96. The third-order valence-corrected chi connectivity index (χ3v) is 5.67. The number of hydrogen-bond donors (Lipinski definition) is 0. The molecule has 0 saturated heterocycles. The van der Waals surface area contributed by atoms with Crippen LogP contribution in [-0.2, 0) is 11.2 Å². The topological polar surface area (TPSA) is 57.7 Å². The fraction of sp³-hybridized carbons (Fsp3) is 0.375. The minimum absolute atomic E-state index is 0.128. The Balaban J connectivity index is 1.67. The summed E-state index contributed by atoms with van der Waals surface area (Å²) in [6, 6.07) is 15.6. The van der Waals surface area contributed by atoms with E-state index in [1.807, 2.05) is 42.2 Å². The molecular formula is C24H26N2O3. The van der Waals surface area contributed by atoms with Crippen molar-refractivity contribution in [1.82, 2.24) is 9.80 Å². The van der Waals surface area contributed by atoms with Gasteiger partial charge in [-0.3, -0.25) is 19.3 Å². The summed E-state index contributed by atoms with van der Waals surface area (Å²) in [6.07, 6.45) is 3.46. The summed E-state index contributed by atoms with van der Waals surface area (Å²) in [5.41, 5.74) is 1.70. The highest BCUT2D eigenvalue weighted by molar-refractivity contribution is 6.22. The van der Waals surface area contributed by atoms with E-state index in [9.17, 15) is 14.4 Å². The van der Waals surface area contributed by atoms with Crippen LogP contribution < -0.4 is 0 Å². The number of amides is 3. The minimum Gasteiger partial charge on any atom is -0.341 e. The maximum absolute atomic E-state index is 13.6. The molecule has 0 bridgehead atoms. The zero-order chi connectivity index (χ0) is 20.4. The molecule has 1 aliphatic carbocycles. The highest BCUT2D eigenvalue weighted by Crippen LogP contribution is 2.31. The number of rotatable bonds is 8. The summed E-state index contributed by atoms with van der Waals surface area (Å²) in [7, 11) is 0. The largest absolute Gasteiger partial charge is 0.341 e. The number of imide groups is 1. The van der Waals surface area contributed by atoms with Gasteiger partial charge < -0.3 is 4.90 Å². The van der Waals surface area contributed by atoms with Gasteiger partial charge >= 0.3 is 0 Å². The predicted octanol–water partition coefficient (Wildman–Crippen LogP) is 3.54. The lowest BCUT2D eigenvalue weighted by Gasteiger charge is -2.31. The number of carbonyl (C=O) groups is 3. The first-order valence-electron chi connectivity index (χ1n) is 10.4. The van der Waals surface area contributed by atoms with Gasteiger partial charge in [0.25, 0.3) is 11.8 Å². The van der Waals surface area contributed by atoms with Gasteiger partial charge in [0.05, 0.1) is 11.1 Å². The third-order valence-electron chi connectivity index (χ3n) is 5.67. The molecule has 1 fully saturated rings. The molecular weight excluding hydrogens is 364 g/mol. The molecule has 1 aliphatic heterocycles. The summed E-state index contributed by atoms with van der Waals surface area (Å²) < 4.78 is 0. The Hall–Kier alpha value is -2.95. The third kappa shape index (κ3) is 3.95. The summed E-state index contributed by atoms with van der Waals surface area (Å²) >= 11 is 0. The quantitative estimate of drug-likeness (QED) is 0.648. The lowest BCUT2D eigenvalue weighted by atomic mass is 10.0. The number of fused-ring (bicyclic) bond motifs is 1. The van der Waals surface area contributed by atoms with E-state index >= 15 is 0 Å². The molecule has 2 aliphatic rings. The van der Waals surface area contributed by atoms with Gasteiger partial charge in [-0.2, -0.15) is 0 Å². The molecule has 1 heterocycles. The molecule has 1 atom stereocenters. The fourth-order valence-corrected chi connectivity index (χ4v) is 4.00. The summed E-state index contributed by atoms with van der Waals surface area (Å²) in [5, 5.41) is 0. The van der Waals surface area contributed by atoms with E-state index in [1.165, 1.54) is 4.90 Å². The van der Waals surface area contributed by atoms with Crippen molar-refractivity contribution in [3.8, 4) is 0 Å². The maximum atomic E-state index is 13.6. The minimum atomic E-state index is -0.824. The van der Waals surface area contributed by atoms with Crippen LogP contribution in [0.2, 0.25) is 0 Å².